The van der Waals surface area contributed by atoms with Gasteiger partial charge >= 0.3 is 0 Å². The Balaban J connectivity index is 1.18. The topological polar surface area (TPSA) is 43.6 Å². The molecule has 3 heterocycles. The number of hydrogen-bond acceptors (Lipinski definition) is 4. The second-order valence-electron chi connectivity index (χ2n) is 12.4. The summed E-state index contributed by atoms with van der Waals surface area (Å²) in [5, 5.41) is 4.98. The van der Waals surface area contributed by atoms with Crippen LogP contribution in [-0.4, -0.2) is 19.5 Å². The lowest BCUT2D eigenvalue weighted by Gasteiger charge is -2.12. The molecule has 0 saturated heterocycles. The van der Waals surface area contributed by atoms with Crippen LogP contribution in [0.1, 0.15) is 0 Å². The molecule has 0 atom stereocenters. The SMILES string of the molecule is c1ccc(-c2nc(-c3ccccc3)nc(-c3ccc4c(c3)sc3c(-c5cccc6c7ccccc7n(-c7ccccc7)c56)cccc34)n2)cc1. The number of aromatic nitrogens is 4. The molecule has 0 aliphatic carbocycles. The van der Waals surface area contributed by atoms with Gasteiger partial charge in [0.2, 0.25) is 0 Å². The van der Waals surface area contributed by atoms with Crippen LogP contribution < -0.4 is 0 Å². The van der Waals surface area contributed by atoms with Gasteiger partial charge in [-0.1, -0.05) is 146 Å². The summed E-state index contributed by atoms with van der Waals surface area (Å²) >= 11 is 1.83. The molecule has 0 radical (unpaired) electrons. The fourth-order valence-corrected chi connectivity index (χ4v) is 8.44. The second kappa shape index (κ2) is 11.6. The predicted octanol–water partition coefficient (Wildman–Crippen LogP) is 12.0. The zero-order valence-corrected chi connectivity index (χ0v) is 27.7. The van der Waals surface area contributed by atoms with Gasteiger partial charge in [-0.15, -0.1) is 11.3 Å². The molecular formula is C45H28N4S. The fourth-order valence-electron chi connectivity index (χ4n) is 7.17. The monoisotopic (exact) mass is 656 g/mol. The molecule has 3 aromatic heterocycles. The second-order valence-corrected chi connectivity index (χ2v) is 13.5. The first-order chi connectivity index (χ1) is 24.8. The van der Waals surface area contributed by atoms with Crippen molar-refractivity contribution in [2.45, 2.75) is 0 Å². The van der Waals surface area contributed by atoms with Crippen molar-refractivity contribution in [1.29, 1.82) is 0 Å². The zero-order valence-electron chi connectivity index (χ0n) is 26.9. The van der Waals surface area contributed by atoms with E-state index in [1.807, 2.05) is 72.0 Å². The molecule has 0 amide bonds. The van der Waals surface area contributed by atoms with E-state index >= 15 is 0 Å². The standard InChI is InChI=1S/C45H28N4S/c1-4-14-29(15-5-1)43-46-44(30-16-6-2-7-17-30)48-45(47-43)31-26-27-34-37-23-13-24-38(42(37)50-40(34)28-31)36-22-12-21-35-33-20-10-11-25-39(33)49(41(35)36)32-18-8-3-9-19-32/h1-28H. The van der Waals surface area contributed by atoms with E-state index in [1.165, 1.54) is 53.1 Å². The third kappa shape index (κ3) is 4.63. The first kappa shape index (κ1) is 28.6. The zero-order chi connectivity index (χ0) is 33.0. The van der Waals surface area contributed by atoms with E-state index in [0.717, 1.165) is 22.4 Å². The molecular weight excluding hydrogens is 629 g/mol. The highest BCUT2D eigenvalue weighted by Crippen LogP contribution is 2.45. The number of hydrogen-bond donors (Lipinski definition) is 0. The van der Waals surface area contributed by atoms with Gasteiger partial charge in [-0.3, -0.25) is 0 Å². The molecule has 10 rings (SSSR count). The number of rotatable bonds is 5. The van der Waals surface area contributed by atoms with Gasteiger partial charge < -0.3 is 4.57 Å². The first-order valence-electron chi connectivity index (χ1n) is 16.7. The van der Waals surface area contributed by atoms with E-state index in [0.29, 0.717) is 17.5 Å². The van der Waals surface area contributed by atoms with Crippen molar-refractivity contribution >= 4 is 53.3 Å². The molecule has 0 bridgehead atoms. The van der Waals surface area contributed by atoms with E-state index in [-0.39, 0.29) is 0 Å². The summed E-state index contributed by atoms with van der Waals surface area (Å²) in [6.07, 6.45) is 0. The van der Waals surface area contributed by atoms with Gasteiger partial charge in [0.05, 0.1) is 11.0 Å². The molecule has 0 N–H and O–H groups in total. The maximum Gasteiger partial charge on any atom is 0.164 e. The highest BCUT2D eigenvalue weighted by molar-refractivity contribution is 7.26. The Labute approximate surface area is 292 Å². The average molecular weight is 657 g/mol. The molecule has 0 unspecified atom stereocenters. The van der Waals surface area contributed by atoms with E-state index in [1.54, 1.807) is 0 Å². The van der Waals surface area contributed by atoms with Crippen LogP contribution in [0, 0.1) is 0 Å². The van der Waals surface area contributed by atoms with Crippen LogP contribution in [0.4, 0.5) is 0 Å². The quantitative estimate of drug-likeness (QED) is 0.185. The Morgan fingerprint density at radius 1 is 0.400 bits per heavy atom. The Morgan fingerprint density at radius 2 is 0.960 bits per heavy atom. The highest BCUT2D eigenvalue weighted by Gasteiger charge is 2.19. The molecule has 4 nitrogen and oxygen atoms in total. The summed E-state index contributed by atoms with van der Waals surface area (Å²) in [4.78, 5) is 14.9. The lowest BCUT2D eigenvalue weighted by molar-refractivity contribution is 1.07. The molecule has 0 spiro atoms. The van der Waals surface area contributed by atoms with Crippen LogP contribution in [0.5, 0.6) is 0 Å². The molecule has 0 aliphatic heterocycles. The van der Waals surface area contributed by atoms with E-state index in [4.69, 9.17) is 15.0 Å². The van der Waals surface area contributed by atoms with Crippen molar-refractivity contribution in [1.82, 2.24) is 19.5 Å². The molecule has 0 aliphatic rings. The van der Waals surface area contributed by atoms with Crippen molar-refractivity contribution < 1.29 is 0 Å². The van der Waals surface area contributed by atoms with Gasteiger partial charge in [0.15, 0.2) is 17.5 Å². The van der Waals surface area contributed by atoms with Crippen LogP contribution in [0.25, 0.3) is 93.0 Å². The Morgan fingerprint density at radius 3 is 1.66 bits per heavy atom. The lowest BCUT2D eigenvalue weighted by atomic mass is 9.99. The van der Waals surface area contributed by atoms with Gasteiger partial charge in [-0.25, -0.2) is 15.0 Å². The van der Waals surface area contributed by atoms with Crippen LogP contribution in [0.15, 0.2) is 170 Å². The average Bonchev–Trinajstić information content (AvgIpc) is 3.74. The van der Waals surface area contributed by atoms with Gasteiger partial charge in [0.25, 0.3) is 0 Å². The normalized spacial score (nSPS) is 11.6. The molecule has 50 heavy (non-hydrogen) atoms. The van der Waals surface area contributed by atoms with Crippen molar-refractivity contribution in [3.8, 4) is 51.0 Å². The fraction of sp³-hybridized carbons (Fsp3) is 0. The van der Waals surface area contributed by atoms with Crippen molar-refractivity contribution in [2.75, 3.05) is 0 Å². The Kier molecular flexibility index (Phi) is 6.64. The summed E-state index contributed by atoms with van der Waals surface area (Å²) in [6.45, 7) is 0. The molecule has 7 aromatic carbocycles. The lowest BCUT2D eigenvalue weighted by Crippen LogP contribution is -1.99. The minimum absolute atomic E-state index is 0.662. The number of nitrogens with zero attached hydrogens (tertiary/aromatic N) is 4. The van der Waals surface area contributed by atoms with E-state index in [9.17, 15) is 0 Å². The predicted molar refractivity (Wildman–Crippen MR) is 209 cm³/mol. The molecule has 5 heteroatoms. The maximum absolute atomic E-state index is 5.00. The van der Waals surface area contributed by atoms with Crippen molar-refractivity contribution in [2.24, 2.45) is 0 Å². The van der Waals surface area contributed by atoms with Crippen LogP contribution in [-0.2, 0) is 0 Å². The van der Waals surface area contributed by atoms with Crippen LogP contribution in [0.2, 0.25) is 0 Å². The summed E-state index contributed by atoms with van der Waals surface area (Å²) in [6, 6.07) is 59.7. The summed E-state index contributed by atoms with van der Waals surface area (Å²) in [7, 11) is 0. The third-order valence-corrected chi connectivity index (χ3v) is 10.7. The van der Waals surface area contributed by atoms with E-state index < -0.39 is 0 Å². The number of para-hydroxylation sites is 3. The third-order valence-electron chi connectivity index (χ3n) is 9.46. The van der Waals surface area contributed by atoms with E-state index in [2.05, 4.69) is 114 Å². The minimum atomic E-state index is 0.662. The number of fused-ring (bicyclic) bond motifs is 6. The van der Waals surface area contributed by atoms with Gasteiger partial charge in [0, 0.05) is 64.4 Å². The Bertz CT molecular complexity index is 2800. The largest absolute Gasteiger partial charge is 0.309 e. The Hall–Kier alpha value is -6.43. The van der Waals surface area contributed by atoms with Crippen molar-refractivity contribution in [3.05, 3.63) is 170 Å². The molecule has 10 aromatic rings. The van der Waals surface area contributed by atoms with Gasteiger partial charge in [0.1, 0.15) is 0 Å². The smallest absolute Gasteiger partial charge is 0.164 e. The summed E-state index contributed by atoms with van der Waals surface area (Å²) in [5.74, 6) is 1.99. The number of thiophene rings is 1. The number of benzene rings is 7. The highest BCUT2D eigenvalue weighted by atomic mass is 32.1. The van der Waals surface area contributed by atoms with Crippen LogP contribution >= 0.6 is 11.3 Å². The molecule has 0 saturated carbocycles. The summed E-state index contributed by atoms with van der Waals surface area (Å²) < 4.78 is 4.88. The molecule has 0 fully saturated rings. The first-order valence-corrected chi connectivity index (χ1v) is 17.5. The molecule has 234 valence electrons. The van der Waals surface area contributed by atoms with Crippen LogP contribution in [0.3, 0.4) is 0 Å². The van der Waals surface area contributed by atoms with Gasteiger partial charge in [-0.2, -0.15) is 0 Å². The van der Waals surface area contributed by atoms with Crippen molar-refractivity contribution in [3.63, 3.8) is 0 Å². The maximum atomic E-state index is 5.00. The van der Waals surface area contributed by atoms with Gasteiger partial charge in [-0.05, 0) is 24.3 Å². The summed E-state index contributed by atoms with van der Waals surface area (Å²) in [5.41, 5.74) is 8.92. The minimum Gasteiger partial charge on any atom is -0.309 e.